The van der Waals surface area contributed by atoms with Gasteiger partial charge in [0, 0.05) is 8.95 Å². The number of nitrogens with zero attached hydrogens (tertiary/aromatic N) is 2. The van der Waals surface area contributed by atoms with E-state index in [9.17, 15) is 13.2 Å². The van der Waals surface area contributed by atoms with Crippen molar-refractivity contribution >= 4 is 31.9 Å². The van der Waals surface area contributed by atoms with Gasteiger partial charge in [0.1, 0.15) is 0 Å². The largest absolute Gasteiger partial charge is 0.471 e. The molecular weight excluding hydrogens is 395 g/mol. The molecule has 1 unspecified atom stereocenters. The number of hydrogen-bond donors (Lipinski definition) is 1. The van der Waals surface area contributed by atoms with E-state index in [1.54, 1.807) is 18.2 Å². The summed E-state index contributed by atoms with van der Waals surface area (Å²) >= 11 is 6.56. The lowest BCUT2D eigenvalue weighted by Gasteiger charge is -2.08. The summed E-state index contributed by atoms with van der Waals surface area (Å²) in [5, 5.41) is 3.25. The van der Waals surface area contributed by atoms with Gasteiger partial charge in [0.2, 0.25) is 0 Å². The van der Waals surface area contributed by atoms with E-state index < -0.39 is 18.1 Å². The molecule has 1 aromatic heterocycles. The maximum Gasteiger partial charge on any atom is 0.471 e. The Labute approximate surface area is 122 Å². The van der Waals surface area contributed by atoms with E-state index in [-0.39, 0.29) is 5.82 Å². The van der Waals surface area contributed by atoms with Crippen molar-refractivity contribution in [1.29, 1.82) is 0 Å². The average molecular weight is 401 g/mol. The normalized spacial score (nSPS) is 13.6. The van der Waals surface area contributed by atoms with Crippen molar-refractivity contribution in [2.75, 3.05) is 0 Å². The van der Waals surface area contributed by atoms with Crippen LogP contribution in [0.15, 0.2) is 31.7 Å². The van der Waals surface area contributed by atoms with Crippen LogP contribution in [-0.2, 0) is 6.18 Å². The first-order valence-electron chi connectivity index (χ1n) is 4.90. The molecule has 2 aromatic rings. The highest BCUT2D eigenvalue weighted by Gasteiger charge is 2.39. The molecule has 0 saturated heterocycles. The Morgan fingerprint density at radius 1 is 1.21 bits per heavy atom. The van der Waals surface area contributed by atoms with Gasteiger partial charge in [-0.2, -0.15) is 18.2 Å². The first kappa shape index (κ1) is 14.5. The zero-order chi connectivity index (χ0) is 14.2. The zero-order valence-corrected chi connectivity index (χ0v) is 12.3. The first-order valence-corrected chi connectivity index (χ1v) is 6.49. The molecule has 0 fully saturated rings. The fraction of sp³-hybridized carbons (Fsp3) is 0.200. The van der Waals surface area contributed by atoms with E-state index in [0.29, 0.717) is 5.56 Å². The van der Waals surface area contributed by atoms with Crippen LogP contribution in [0.25, 0.3) is 0 Å². The standard InChI is InChI=1S/C10H6Br2F3N3O/c11-5-2-1-4(3-6(5)12)7(16)8-17-9(19-18-8)10(13,14)15/h1-3,7H,16H2. The molecule has 9 heteroatoms. The molecule has 0 amide bonds. The molecule has 102 valence electrons. The molecule has 2 N–H and O–H groups in total. The maximum atomic E-state index is 12.3. The predicted molar refractivity (Wildman–Crippen MR) is 67.2 cm³/mol. The van der Waals surface area contributed by atoms with Crippen LogP contribution in [0.3, 0.4) is 0 Å². The number of halogens is 5. The quantitative estimate of drug-likeness (QED) is 0.835. The van der Waals surface area contributed by atoms with Crippen molar-refractivity contribution in [3.05, 3.63) is 44.4 Å². The smallest absolute Gasteiger partial charge is 0.329 e. The summed E-state index contributed by atoms with van der Waals surface area (Å²) in [6, 6.07) is 4.13. The van der Waals surface area contributed by atoms with Crippen LogP contribution in [0.1, 0.15) is 23.3 Å². The molecule has 0 aliphatic heterocycles. The highest BCUT2D eigenvalue weighted by molar-refractivity contribution is 9.13. The molecule has 2 rings (SSSR count). The molecular formula is C10H6Br2F3N3O. The third-order valence-corrected chi connectivity index (χ3v) is 4.14. The molecule has 1 atom stereocenters. The first-order chi connectivity index (χ1) is 8.79. The van der Waals surface area contributed by atoms with Crippen LogP contribution >= 0.6 is 31.9 Å². The van der Waals surface area contributed by atoms with Crippen LogP contribution in [0, 0.1) is 0 Å². The topological polar surface area (TPSA) is 64.9 Å². The van der Waals surface area contributed by atoms with Crippen molar-refractivity contribution < 1.29 is 17.7 Å². The van der Waals surface area contributed by atoms with Gasteiger partial charge in [0.05, 0.1) is 6.04 Å². The van der Waals surface area contributed by atoms with Crippen molar-refractivity contribution in [1.82, 2.24) is 10.1 Å². The maximum absolute atomic E-state index is 12.3. The van der Waals surface area contributed by atoms with Crippen LogP contribution in [0.2, 0.25) is 0 Å². The molecule has 1 heterocycles. The van der Waals surface area contributed by atoms with Gasteiger partial charge in [-0.15, -0.1) is 0 Å². The Hall–Kier alpha value is -0.930. The number of hydrogen-bond acceptors (Lipinski definition) is 4. The molecule has 0 spiro atoms. The molecule has 19 heavy (non-hydrogen) atoms. The van der Waals surface area contributed by atoms with Crippen LogP contribution < -0.4 is 5.73 Å². The lowest BCUT2D eigenvalue weighted by atomic mass is 10.1. The van der Waals surface area contributed by atoms with E-state index in [1.165, 1.54) is 0 Å². The monoisotopic (exact) mass is 399 g/mol. The minimum atomic E-state index is -4.68. The Bertz CT molecular complexity index is 600. The van der Waals surface area contributed by atoms with Gasteiger partial charge in [-0.25, -0.2) is 0 Å². The second-order valence-electron chi connectivity index (χ2n) is 3.61. The van der Waals surface area contributed by atoms with Crippen molar-refractivity contribution in [3.63, 3.8) is 0 Å². The summed E-state index contributed by atoms with van der Waals surface area (Å²) in [6.07, 6.45) is -4.68. The van der Waals surface area contributed by atoms with Crippen LogP contribution in [-0.4, -0.2) is 10.1 Å². The van der Waals surface area contributed by atoms with E-state index >= 15 is 0 Å². The SMILES string of the molecule is NC(c1ccc(Br)c(Br)c1)c1noc(C(F)(F)F)n1. The second kappa shape index (κ2) is 5.22. The van der Waals surface area contributed by atoms with E-state index in [1.807, 2.05) is 0 Å². The number of aromatic nitrogens is 2. The van der Waals surface area contributed by atoms with Gasteiger partial charge < -0.3 is 10.3 Å². The third-order valence-electron chi connectivity index (χ3n) is 2.27. The summed E-state index contributed by atoms with van der Waals surface area (Å²) in [6.45, 7) is 0. The van der Waals surface area contributed by atoms with Crippen molar-refractivity contribution in [3.8, 4) is 0 Å². The van der Waals surface area contributed by atoms with Gasteiger partial charge in [0.25, 0.3) is 0 Å². The lowest BCUT2D eigenvalue weighted by molar-refractivity contribution is -0.159. The minimum Gasteiger partial charge on any atom is -0.329 e. The summed E-state index contributed by atoms with van der Waals surface area (Å²) in [7, 11) is 0. The number of nitrogens with two attached hydrogens (primary N) is 1. The van der Waals surface area contributed by atoms with Gasteiger partial charge in [-0.05, 0) is 49.6 Å². The summed E-state index contributed by atoms with van der Waals surface area (Å²) in [5.74, 6) is -1.63. The molecule has 0 saturated carbocycles. The van der Waals surface area contributed by atoms with Gasteiger partial charge in [0.15, 0.2) is 5.82 Å². The molecule has 0 aliphatic rings. The summed E-state index contributed by atoms with van der Waals surface area (Å²) in [5.41, 5.74) is 6.36. The summed E-state index contributed by atoms with van der Waals surface area (Å²) in [4.78, 5) is 3.26. The molecule has 0 radical (unpaired) electrons. The fourth-order valence-electron chi connectivity index (χ4n) is 1.33. The molecule has 0 aliphatic carbocycles. The van der Waals surface area contributed by atoms with Crippen LogP contribution in [0.5, 0.6) is 0 Å². The second-order valence-corrected chi connectivity index (χ2v) is 5.32. The molecule has 1 aromatic carbocycles. The van der Waals surface area contributed by atoms with E-state index in [4.69, 9.17) is 5.73 Å². The van der Waals surface area contributed by atoms with Gasteiger partial charge >= 0.3 is 12.1 Å². The number of rotatable bonds is 2. The van der Waals surface area contributed by atoms with Gasteiger partial charge in [-0.1, -0.05) is 11.2 Å². The highest BCUT2D eigenvalue weighted by atomic mass is 79.9. The molecule has 0 bridgehead atoms. The highest BCUT2D eigenvalue weighted by Crippen LogP contribution is 2.30. The number of alkyl halides is 3. The Morgan fingerprint density at radius 2 is 1.89 bits per heavy atom. The Kier molecular flexibility index (Phi) is 3.98. The van der Waals surface area contributed by atoms with E-state index in [2.05, 4.69) is 46.5 Å². The summed E-state index contributed by atoms with van der Waals surface area (Å²) < 4.78 is 42.7. The molecule has 4 nitrogen and oxygen atoms in total. The predicted octanol–water partition coefficient (Wildman–Crippen LogP) is 3.66. The van der Waals surface area contributed by atoms with Crippen LogP contribution in [0.4, 0.5) is 13.2 Å². The third kappa shape index (κ3) is 3.15. The average Bonchev–Trinajstić information content (AvgIpc) is 2.81. The number of benzene rings is 1. The van der Waals surface area contributed by atoms with Crippen molar-refractivity contribution in [2.45, 2.75) is 12.2 Å². The Morgan fingerprint density at radius 3 is 2.42 bits per heavy atom. The Balaban J connectivity index is 2.31. The lowest BCUT2D eigenvalue weighted by Crippen LogP contribution is -2.14. The van der Waals surface area contributed by atoms with E-state index in [0.717, 1.165) is 8.95 Å². The fourth-order valence-corrected chi connectivity index (χ4v) is 1.97. The zero-order valence-electron chi connectivity index (χ0n) is 9.08. The minimum absolute atomic E-state index is 0.221. The van der Waals surface area contributed by atoms with Crippen molar-refractivity contribution in [2.24, 2.45) is 5.73 Å². The van der Waals surface area contributed by atoms with Gasteiger partial charge in [-0.3, -0.25) is 0 Å².